The molecule has 0 fully saturated rings. The van der Waals surface area contributed by atoms with Crippen molar-refractivity contribution < 1.29 is 37.2 Å². The van der Waals surface area contributed by atoms with Crippen LogP contribution in [-0.2, 0) is 11.0 Å². The Morgan fingerprint density at radius 1 is 1.00 bits per heavy atom. The maximum atomic E-state index is 13.9. The van der Waals surface area contributed by atoms with Crippen molar-refractivity contribution in [3.8, 4) is 34.3 Å². The molecule has 0 aliphatic heterocycles. The van der Waals surface area contributed by atoms with Gasteiger partial charge in [0.15, 0.2) is 6.10 Å². The number of hydrogen-bond acceptors (Lipinski definition) is 8. The van der Waals surface area contributed by atoms with E-state index < -0.39 is 46.7 Å². The molecule has 2 heterocycles. The average molecular weight is 516 g/mol. The number of aromatic nitrogens is 3. The number of nitrogens with zero attached hydrogens (tertiary/aromatic N) is 3. The van der Waals surface area contributed by atoms with Crippen molar-refractivity contribution >= 4 is 5.91 Å². The zero-order valence-electron chi connectivity index (χ0n) is 19.8. The van der Waals surface area contributed by atoms with Crippen molar-refractivity contribution in [3.63, 3.8) is 0 Å². The van der Waals surface area contributed by atoms with E-state index in [0.717, 1.165) is 0 Å². The number of alkyl halides is 3. The number of benzene rings is 2. The lowest BCUT2D eigenvalue weighted by Gasteiger charge is -2.18. The smallest absolute Gasteiger partial charge is 0.390 e. The first-order valence-electron chi connectivity index (χ1n) is 11.2. The van der Waals surface area contributed by atoms with E-state index in [1.807, 2.05) is 0 Å². The number of aliphatic hydroxyl groups excluding tert-OH is 1. The predicted octanol–water partition coefficient (Wildman–Crippen LogP) is 4.39. The molecular formula is C25H23F3N4O5. The molecule has 9 nitrogen and oxygen atoms in total. The van der Waals surface area contributed by atoms with Crippen LogP contribution in [0.4, 0.5) is 13.2 Å². The number of aliphatic hydroxyl groups is 2. The molecule has 194 valence electrons. The molecule has 2 aromatic heterocycles. The lowest BCUT2D eigenvalue weighted by molar-refractivity contribution is -0.137. The van der Waals surface area contributed by atoms with Gasteiger partial charge in [0.25, 0.3) is 11.8 Å². The first-order valence-corrected chi connectivity index (χ1v) is 11.2. The van der Waals surface area contributed by atoms with Crippen LogP contribution in [0.5, 0.6) is 0 Å². The normalized spacial score (nSPS) is 12.9. The van der Waals surface area contributed by atoms with E-state index in [9.17, 15) is 28.2 Å². The number of amides is 1. The van der Waals surface area contributed by atoms with Crippen LogP contribution in [0.2, 0.25) is 0 Å². The Labute approximate surface area is 208 Å². The Balaban J connectivity index is 1.54. The predicted molar refractivity (Wildman–Crippen MR) is 125 cm³/mol. The number of halogens is 3. The van der Waals surface area contributed by atoms with Gasteiger partial charge in [-0.2, -0.15) is 18.2 Å². The summed E-state index contributed by atoms with van der Waals surface area (Å²) in [5, 5.41) is 29.9. The molecule has 0 spiro atoms. The first-order chi connectivity index (χ1) is 17.4. The Morgan fingerprint density at radius 3 is 2.30 bits per heavy atom. The highest BCUT2D eigenvalue weighted by Gasteiger charge is 2.43. The van der Waals surface area contributed by atoms with Crippen LogP contribution in [0.25, 0.3) is 34.3 Å². The summed E-state index contributed by atoms with van der Waals surface area (Å²) in [6, 6.07) is 13.6. The molecule has 4 rings (SSSR count). The second-order valence-electron chi connectivity index (χ2n) is 8.90. The van der Waals surface area contributed by atoms with Crippen LogP contribution in [0.15, 0.2) is 63.6 Å². The molecule has 2 aromatic carbocycles. The number of hydrogen-bond donors (Lipinski definition) is 3. The third-order valence-corrected chi connectivity index (χ3v) is 5.41. The summed E-state index contributed by atoms with van der Waals surface area (Å²) in [6.07, 6.45) is -5.96. The van der Waals surface area contributed by atoms with E-state index in [2.05, 4.69) is 20.6 Å². The number of rotatable bonds is 8. The molecule has 0 saturated carbocycles. The van der Waals surface area contributed by atoms with Crippen molar-refractivity contribution in [1.82, 2.24) is 20.6 Å². The van der Waals surface area contributed by atoms with Gasteiger partial charge in [0, 0.05) is 17.7 Å². The van der Waals surface area contributed by atoms with Crippen molar-refractivity contribution in [2.45, 2.75) is 38.1 Å². The maximum absolute atomic E-state index is 13.9. The Bertz CT molecular complexity index is 1360. The lowest BCUT2D eigenvalue weighted by atomic mass is 10.0. The van der Waals surface area contributed by atoms with Crippen molar-refractivity contribution in [1.29, 1.82) is 0 Å². The van der Waals surface area contributed by atoms with Crippen LogP contribution in [0.1, 0.15) is 37.5 Å². The molecule has 0 saturated heterocycles. The highest BCUT2D eigenvalue weighted by molar-refractivity contribution is 5.82. The van der Waals surface area contributed by atoms with Gasteiger partial charge in [0.1, 0.15) is 11.3 Å². The van der Waals surface area contributed by atoms with Gasteiger partial charge < -0.3 is 24.6 Å². The fraction of sp³-hybridized carbons (Fsp3) is 0.280. The molecular weight excluding hydrogens is 493 g/mol. The van der Waals surface area contributed by atoms with E-state index in [4.69, 9.17) is 9.05 Å². The molecule has 12 heteroatoms. The third-order valence-electron chi connectivity index (χ3n) is 5.41. The van der Waals surface area contributed by atoms with E-state index in [0.29, 0.717) is 12.0 Å². The first kappa shape index (κ1) is 26.0. The summed E-state index contributed by atoms with van der Waals surface area (Å²) in [5.41, 5.74) is -1.65. The molecule has 0 aliphatic carbocycles. The molecule has 0 aliphatic rings. The van der Waals surface area contributed by atoms with Crippen LogP contribution in [0.3, 0.4) is 0 Å². The molecule has 3 N–H and O–H groups in total. The minimum atomic E-state index is -4.81. The zero-order chi connectivity index (χ0) is 26.8. The quantitative estimate of drug-likeness (QED) is 0.314. The lowest BCUT2D eigenvalue weighted by Crippen LogP contribution is -2.33. The Morgan fingerprint density at radius 2 is 1.68 bits per heavy atom. The molecule has 1 unspecified atom stereocenters. The topological polar surface area (TPSA) is 135 Å². The minimum Gasteiger partial charge on any atom is -0.390 e. The fourth-order valence-electron chi connectivity index (χ4n) is 3.48. The molecule has 4 aromatic rings. The minimum absolute atomic E-state index is 0.0311. The molecule has 0 radical (unpaired) electrons. The number of carbonyl (C=O) groups is 1. The summed E-state index contributed by atoms with van der Waals surface area (Å²) in [5.74, 6) is -1.89. The standard InChI is InChI=1S/C25H23F3N4O5/c1-24(2,35)12-13-29-22(34)19(33)15-8-10-16(11-9-15)21-30-23(37-32-21)20-17(25(26,27)28)18(31-36-20)14-6-4-3-5-7-14/h3-11,19,33,35H,12-13H2,1-2H3,(H,29,34). The highest BCUT2D eigenvalue weighted by Crippen LogP contribution is 2.43. The molecule has 0 bridgehead atoms. The number of carbonyl (C=O) groups excluding carboxylic acids is 1. The van der Waals surface area contributed by atoms with Gasteiger partial charge in [-0.3, -0.25) is 4.79 Å². The summed E-state index contributed by atoms with van der Waals surface area (Å²) in [6.45, 7) is 3.38. The van der Waals surface area contributed by atoms with E-state index in [-0.39, 0.29) is 23.5 Å². The molecule has 1 atom stereocenters. The van der Waals surface area contributed by atoms with Gasteiger partial charge in [-0.15, -0.1) is 0 Å². The van der Waals surface area contributed by atoms with E-state index in [1.165, 1.54) is 36.4 Å². The Kier molecular flexibility index (Phi) is 7.14. The Hall–Kier alpha value is -4.03. The van der Waals surface area contributed by atoms with Crippen molar-refractivity contribution in [2.24, 2.45) is 0 Å². The number of nitrogens with one attached hydrogen (secondary N) is 1. The van der Waals surface area contributed by atoms with E-state index >= 15 is 0 Å². The monoisotopic (exact) mass is 516 g/mol. The maximum Gasteiger partial charge on any atom is 0.422 e. The van der Waals surface area contributed by atoms with Gasteiger partial charge in [0.2, 0.25) is 11.6 Å². The summed E-state index contributed by atoms with van der Waals surface area (Å²) >= 11 is 0. The van der Waals surface area contributed by atoms with Crippen LogP contribution in [0, 0.1) is 0 Å². The second kappa shape index (κ2) is 10.1. The van der Waals surface area contributed by atoms with Crippen LogP contribution in [-0.4, -0.2) is 43.6 Å². The second-order valence-corrected chi connectivity index (χ2v) is 8.90. The van der Waals surface area contributed by atoms with Crippen molar-refractivity contribution in [2.75, 3.05) is 6.54 Å². The van der Waals surface area contributed by atoms with Gasteiger partial charge >= 0.3 is 6.18 Å². The third kappa shape index (κ3) is 6.04. The zero-order valence-corrected chi connectivity index (χ0v) is 19.8. The van der Waals surface area contributed by atoms with Gasteiger partial charge in [-0.05, 0) is 25.8 Å². The molecule has 37 heavy (non-hydrogen) atoms. The van der Waals surface area contributed by atoms with Gasteiger partial charge in [-0.1, -0.05) is 64.9 Å². The average Bonchev–Trinajstić information content (AvgIpc) is 3.51. The van der Waals surface area contributed by atoms with Crippen LogP contribution >= 0.6 is 0 Å². The van der Waals surface area contributed by atoms with E-state index in [1.54, 1.807) is 32.0 Å². The summed E-state index contributed by atoms with van der Waals surface area (Å²) < 4.78 is 51.7. The van der Waals surface area contributed by atoms with Crippen molar-refractivity contribution in [3.05, 3.63) is 65.7 Å². The summed E-state index contributed by atoms with van der Waals surface area (Å²) in [7, 11) is 0. The largest absolute Gasteiger partial charge is 0.422 e. The highest BCUT2D eigenvalue weighted by atomic mass is 19.4. The van der Waals surface area contributed by atoms with Gasteiger partial charge in [-0.25, -0.2) is 0 Å². The van der Waals surface area contributed by atoms with Crippen LogP contribution < -0.4 is 5.32 Å². The fourth-order valence-corrected chi connectivity index (χ4v) is 3.48. The molecule has 1 amide bonds. The SMILES string of the molecule is CC(C)(O)CCNC(=O)C(O)c1ccc(-c2noc(-c3onc(-c4ccccc4)c3C(F)(F)F)n2)cc1. The van der Waals surface area contributed by atoms with Gasteiger partial charge in [0.05, 0.1) is 5.60 Å². The summed E-state index contributed by atoms with van der Waals surface area (Å²) in [4.78, 5) is 16.2.